The molecule has 1 aliphatic carbocycles. The number of anilines is 2. The van der Waals surface area contributed by atoms with E-state index in [0.717, 1.165) is 36.1 Å². The van der Waals surface area contributed by atoms with Gasteiger partial charge in [-0.1, -0.05) is 12.1 Å². The van der Waals surface area contributed by atoms with E-state index in [0.29, 0.717) is 22.0 Å². The van der Waals surface area contributed by atoms with E-state index in [4.69, 9.17) is 9.47 Å². The van der Waals surface area contributed by atoms with Crippen LogP contribution in [0.4, 0.5) is 10.7 Å². The molecule has 2 amide bonds. The van der Waals surface area contributed by atoms with Crippen molar-refractivity contribution in [1.29, 1.82) is 0 Å². The number of hydrogen-bond donors (Lipinski definition) is 2. The van der Waals surface area contributed by atoms with Gasteiger partial charge in [-0.3, -0.25) is 9.59 Å². The highest BCUT2D eigenvalue weighted by Gasteiger charge is 2.47. The summed E-state index contributed by atoms with van der Waals surface area (Å²) in [6, 6.07) is 6.92. The van der Waals surface area contributed by atoms with Crippen LogP contribution in [0, 0.1) is 0 Å². The summed E-state index contributed by atoms with van der Waals surface area (Å²) in [5.41, 5.74) is 0.0741. The lowest BCUT2D eigenvalue weighted by molar-refractivity contribution is -0.143. The van der Waals surface area contributed by atoms with Gasteiger partial charge in [0.1, 0.15) is 10.8 Å². The lowest BCUT2D eigenvalue weighted by Crippen LogP contribution is -2.56. The molecule has 1 aromatic heterocycles. The highest BCUT2D eigenvalue weighted by Crippen LogP contribution is 2.40. The minimum Gasteiger partial charge on any atom is -0.466 e. The molecule has 1 atom stereocenters. The van der Waals surface area contributed by atoms with Gasteiger partial charge in [0, 0.05) is 4.88 Å². The highest BCUT2D eigenvalue weighted by molar-refractivity contribution is 7.17. The molecular weight excluding hydrogens is 380 g/mol. The minimum atomic E-state index is -1.76. The first-order chi connectivity index (χ1) is 13.4. The molecule has 2 aromatic rings. The number of ether oxygens (including phenoxy) is 2. The zero-order chi connectivity index (χ0) is 19.9. The number of nitrogens with one attached hydrogen (secondary N) is 2. The summed E-state index contributed by atoms with van der Waals surface area (Å²) >= 11 is 1.36. The summed E-state index contributed by atoms with van der Waals surface area (Å²) in [4.78, 5) is 39.1. The first kappa shape index (κ1) is 18.5. The molecule has 4 rings (SSSR count). The van der Waals surface area contributed by atoms with Crippen molar-refractivity contribution in [2.45, 2.75) is 38.2 Å². The van der Waals surface area contributed by atoms with Gasteiger partial charge in [0.15, 0.2) is 0 Å². The maximum absolute atomic E-state index is 13.0. The summed E-state index contributed by atoms with van der Waals surface area (Å²) < 4.78 is 10.7. The summed E-state index contributed by atoms with van der Waals surface area (Å²) in [5, 5.41) is 5.85. The molecule has 2 N–H and O–H groups in total. The molecule has 146 valence electrons. The van der Waals surface area contributed by atoms with Crippen LogP contribution in [0.1, 0.15) is 40.6 Å². The van der Waals surface area contributed by atoms with Crippen LogP contribution >= 0.6 is 11.3 Å². The van der Waals surface area contributed by atoms with Gasteiger partial charge in [-0.15, -0.1) is 11.3 Å². The molecule has 28 heavy (non-hydrogen) atoms. The van der Waals surface area contributed by atoms with E-state index in [1.807, 2.05) is 0 Å². The molecule has 0 spiro atoms. The predicted molar refractivity (Wildman–Crippen MR) is 105 cm³/mol. The summed E-state index contributed by atoms with van der Waals surface area (Å²) in [6.07, 6.45) is 3.66. The van der Waals surface area contributed by atoms with Gasteiger partial charge >= 0.3 is 5.97 Å². The lowest BCUT2D eigenvalue weighted by Gasteiger charge is -2.33. The van der Waals surface area contributed by atoms with Gasteiger partial charge < -0.3 is 20.1 Å². The molecular formula is C20H20N2O5S. The van der Waals surface area contributed by atoms with Crippen molar-refractivity contribution in [2.75, 3.05) is 17.7 Å². The van der Waals surface area contributed by atoms with E-state index >= 15 is 0 Å². The lowest BCUT2D eigenvalue weighted by atomic mass is 9.95. The highest BCUT2D eigenvalue weighted by atomic mass is 32.1. The second-order valence-corrected chi connectivity index (χ2v) is 8.05. The Kier molecular flexibility index (Phi) is 4.58. The fourth-order valence-corrected chi connectivity index (χ4v) is 4.78. The zero-order valence-corrected chi connectivity index (χ0v) is 16.4. The maximum atomic E-state index is 13.0. The Bertz CT molecular complexity index is 983. The second kappa shape index (κ2) is 6.94. The van der Waals surface area contributed by atoms with Crippen molar-refractivity contribution >= 4 is 39.8 Å². The zero-order valence-electron chi connectivity index (χ0n) is 15.6. The standard InChI is InChI=1S/C20H20N2O5S/c1-20(18(24)21-12-8-4-5-9-13(12)27-20)19(25)22-16-15(17(23)26-2)11-7-3-6-10-14(11)28-16/h4-5,8-9H,3,6-7,10H2,1-2H3,(H,21,24)(H,22,25). The number of methoxy groups -OCH3 is 1. The van der Waals surface area contributed by atoms with E-state index in [-0.39, 0.29) is 0 Å². The summed E-state index contributed by atoms with van der Waals surface area (Å²) in [7, 11) is 1.32. The van der Waals surface area contributed by atoms with Crippen molar-refractivity contribution < 1.29 is 23.9 Å². The largest absolute Gasteiger partial charge is 0.466 e. The van der Waals surface area contributed by atoms with Crippen LogP contribution in [0.3, 0.4) is 0 Å². The minimum absolute atomic E-state index is 0.385. The monoisotopic (exact) mass is 400 g/mol. The van der Waals surface area contributed by atoms with Gasteiger partial charge in [0.2, 0.25) is 0 Å². The fraction of sp³-hybridized carbons (Fsp3) is 0.350. The SMILES string of the molecule is COC(=O)c1c(NC(=O)C2(C)Oc3ccccc3NC2=O)sc2c1CCCC2. The summed E-state index contributed by atoms with van der Waals surface area (Å²) in [6.45, 7) is 1.42. The van der Waals surface area contributed by atoms with Crippen molar-refractivity contribution in [2.24, 2.45) is 0 Å². The van der Waals surface area contributed by atoms with E-state index in [2.05, 4.69) is 10.6 Å². The first-order valence-electron chi connectivity index (χ1n) is 9.08. The number of hydrogen-bond acceptors (Lipinski definition) is 6. The maximum Gasteiger partial charge on any atom is 0.341 e. The quantitative estimate of drug-likeness (QED) is 0.610. The van der Waals surface area contributed by atoms with Gasteiger partial charge in [-0.2, -0.15) is 0 Å². The smallest absolute Gasteiger partial charge is 0.341 e. The van der Waals surface area contributed by atoms with Gasteiger partial charge in [-0.05, 0) is 50.3 Å². The Morgan fingerprint density at radius 1 is 1.25 bits per heavy atom. The van der Waals surface area contributed by atoms with Gasteiger partial charge in [0.25, 0.3) is 17.4 Å². The van der Waals surface area contributed by atoms with Crippen molar-refractivity contribution in [1.82, 2.24) is 0 Å². The Morgan fingerprint density at radius 3 is 2.79 bits per heavy atom. The number of para-hydroxylation sites is 2. The number of esters is 1. The molecule has 7 nitrogen and oxygen atoms in total. The number of aryl methyl sites for hydroxylation is 1. The van der Waals surface area contributed by atoms with Crippen LogP contribution < -0.4 is 15.4 Å². The van der Waals surface area contributed by atoms with Crippen LogP contribution in [0.25, 0.3) is 0 Å². The van der Waals surface area contributed by atoms with Crippen LogP contribution in [0.5, 0.6) is 5.75 Å². The molecule has 0 radical (unpaired) electrons. The molecule has 0 saturated heterocycles. The van der Waals surface area contributed by atoms with Crippen molar-refractivity contribution in [3.8, 4) is 5.75 Å². The Balaban J connectivity index is 1.66. The third kappa shape index (κ3) is 2.93. The third-order valence-corrected chi connectivity index (χ3v) is 6.31. The first-order valence-corrected chi connectivity index (χ1v) is 9.89. The molecule has 2 aliphatic rings. The Labute approximate surface area is 166 Å². The topological polar surface area (TPSA) is 93.7 Å². The van der Waals surface area contributed by atoms with E-state index in [1.165, 1.54) is 25.4 Å². The Hall–Kier alpha value is -2.87. The van der Waals surface area contributed by atoms with Gasteiger partial charge in [-0.25, -0.2) is 4.79 Å². The van der Waals surface area contributed by atoms with Crippen LogP contribution in [-0.4, -0.2) is 30.5 Å². The average molecular weight is 400 g/mol. The second-order valence-electron chi connectivity index (χ2n) is 6.95. The Morgan fingerprint density at radius 2 is 2.00 bits per heavy atom. The molecule has 1 aromatic carbocycles. The van der Waals surface area contributed by atoms with Crippen molar-refractivity contribution in [3.63, 3.8) is 0 Å². The fourth-order valence-electron chi connectivity index (χ4n) is 3.51. The molecule has 1 unspecified atom stereocenters. The predicted octanol–water partition coefficient (Wildman–Crippen LogP) is 3.14. The third-order valence-electron chi connectivity index (χ3n) is 5.10. The van der Waals surface area contributed by atoms with Crippen LogP contribution in [0.2, 0.25) is 0 Å². The van der Waals surface area contributed by atoms with E-state index in [9.17, 15) is 14.4 Å². The molecule has 0 saturated carbocycles. The number of thiophene rings is 1. The normalized spacial score (nSPS) is 20.3. The van der Waals surface area contributed by atoms with Crippen molar-refractivity contribution in [3.05, 3.63) is 40.3 Å². The molecule has 8 heteroatoms. The van der Waals surface area contributed by atoms with Gasteiger partial charge in [0.05, 0.1) is 18.4 Å². The summed E-state index contributed by atoms with van der Waals surface area (Å²) in [5.74, 6) is -1.27. The number of amides is 2. The molecule has 0 bridgehead atoms. The number of carbonyl (C=O) groups excluding carboxylic acids is 3. The number of rotatable bonds is 3. The van der Waals surface area contributed by atoms with Crippen LogP contribution in [0.15, 0.2) is 24.3 Å². The number of carbonyl (C=O) groups is 3. The van der Waals surface area contributed by atoms with E-state index in [1.54, 1.807) is 24.3 Å². The van der Waals surface area contributed by atoms with Crippen LogP contribution in [-0.2, 0) is 27.2 Å². The number of benzene rings is 1. The molecule has 2 heterocycles. The average Bonchev–Trinajstić information content (AvgIpc) is 3.06. The van der Waals surface area contributed by atoms with E-state index < -0.39 is 23.4 Å². The molecule has 0 fully saturated rings. The number of fused-ring (bicyclic) bond motifs is 2. The molecule has 1 aliphatic heterocycles.